The summed E-state index contributed by atoms with van der Waals surface area (Å²) in [6.07, 6.45) is 3.85. The summed E-state index contributed by atoms with van der Waals surface area (Å²) in [6, 6.07) is 12.4. The molecule has 10 nitrogen and oxygen atoms in total. The highest BCUT2D eigenvalue weighted by atomic mass is 16.5. The predicted octanol–water partition coefficient (Wildman–Crippen LogP) is 2.39. The van der Waals surface area contributed by atoms with E-state index in [0.717, 1.165) is 22.4 Å². The van der Waals surface area contributed by atoms with E-state index < -0.39 is 6.10 Å². The van der Waals surface area contributed by atoms with Crippen LogP contribution in [0.15, 0.2) is 59.9 Å². The van der Waals surface area contributed by atoms with Crippen molar-refractivity contribution in [2.45, 2.75) is 32.1 Å². The van der Waals surface area contributed by atoms with Crippen molar-refractivity contribution in [1.29, 1.82) is 0 Å². The van der Waals surface area contributed by atoms with Crippen molar-refractivity contribution in [1.82, 2.24) is 20.4 Å². The van der Waals surface area contributed by atoms with Gasteiger partial charge < -0.3 is 24.8 Å². The van der Waals surface area contributed by atoms with Gasteiger partial charge in [0.15, 0.2) is 0 Å². The van der Waals surface area contributed by atoms with Gasteiger partial charge in [-0.2, -0.15) is 5.10 Å². The first kappa shape index (κ1) is 27.0. The molecule has 1 aliphatic rings. The standard InChI is InChI=1S/C28H33N5O5/c1-29-17-24-14-26(38-19-20-15-31-32-16-20)9-7-21(24)6-8-25(34)18-30-27(35)22-2-4-23(5-3-22)28(36)33-10-12-37-13-11-33/h2-5,7,9,14-16,25,34H,1,6,8,10-13,17-19H2,(H,30,35)(H,31,32)/t25-/m0/s1. The Morgan fingerprint density at radius 2 is 1.92 bits per heavy atom. The molecule has 2 amide bonds. The molecule has 1 aliphatic heterocycles. The second-order valence-electron chi connectivity index (χ2n) is 9.09. The summed E-state index contributed by atoms with van der Waals surface area (Å²) in [5.74, 6) is 0.350. The van der Waals surface area contributed by atoms with Crippen LogP contribution in [0.4, 0.5) is 0 Å². The number of H-pyrrole nitrogens is 1. The van der Waals surface area contributed by atoms with Crippen LogP contribution in [0, 0.1) is 0 Å². The molecule has 0 radical (unpaired) electrons. The molecule has 0 aliphatic carbocycles. The fourth-order valence-electron chi connectivity index (χ4n) is 4.18. The van der Waals surface area contributed by atoms with Gasteiger partial charge in [-0.1, -0.05) is 6.07 Å². The number of nitrogens with zero attached hydrogens (tertiary/aromatic N) is 3. The van der Waals surface area contributed by atoms with E-state index in [1.54, 1.807) is 41.6 Å². The number of aryl methyl sites for hydroxylation is 1. The molecule has 1 saturated heterocycles. The van der Waals surface area contributed by atoms with E-state index in [4.69, 9.17) is 9.47 Å². The Hall–Kier alpha value is -4.02. The van der Waals surface area contributed by atoms with Crippen LogP contribution < -0.4 is 10.1 Å². The predicted molar refractivity (Wildman–Crippen MR) is 142 cm³/mol. The topological polar surface area (TPSA) is 129 Å². The molecular weight excluding hydrogens is 486 g/mol. The molecule has 1 atom stereocenters. The molecule has 3 N–H and O–H groups in total. The molecule has 1 aromatic heterocycles. The number of rotatable bonds is 12. The van der Waals surface area contributed by atoms with Crippen LogP contribution >= 0.6 is 0 Å². The third-order valence-corrected chi connectivity index (χ3v) is 6.36. The van der Waals surface area contributed by atoms with Gasteiger partial charge in [0.05, 0.1) is 32.1 Å². The first-order chi connectivity index (χ1) is 18.5. The Bertz CT molecular complexity index is 1210. The van der Waals surface area contributed by atoms with E-state index in [2.05, 4.69) is 27.2 Å². The molecule has 0 spiro atoms. The first-order valence-corrected chi connectivity index (χ1v) is 12.6. The molecule has 3 aromatic rings. The van der Waals surface area contributed by atoms with Gasteiger partial charge in [0.25, 0.3) is 11.8 Å². The van der Waals surface area contributed by atoms with Crippen molar-refractivity contribution in [3.63, 3.8) is 0 Å². The van der Waals surface area contributed by atoms with Gasteiger partial charge in [0.2, 0.25) is 0 Å². The Balaban J connectivity index is 1.24. The lowest BCUT2D eigenvalue weighted by molar-refractivity contribution is 0.0303. The monoisotopic (exact) mass is 519 g/mol. The second-order valence-corrected chi connectivity index (χ2v) is 9.09. The van der Waals surface area contributed by atoms with Gasteiger partial charge >= 0.3 is 0 Å². The highest BCUT2D eigenvalue weighted by Gasteiger charge is 2.19. The fraction of sp³-hybridized carbons (Fsp3) is 0.357. The van der Waals surface area contributed by atoms with Crippen molar-refractivity contribution in [2.75, 3.05) is 32.8 Å². The van der Waals surface area contributed by atoms with E-state index in [1.165, 1.54) is 0 Å². The maximum absolute atomic E-state index is 12.6. The Labute approximate surface area is 221 Å². The van der Waals surface area contributed by atoms with E-state index in [9.17, 15) is 14.7 Å². The average molecular weight is 520 g/mol. The molecule has 10 heteroatoms. The normalized spacial score (nSPS) is 14.1. The summed E-state index contributed by atoms with van der Waals surface area (Å²) >= 11 is 0. The molecule has 38 heavy (non-hydrogen) atoms. The molecule has 1 fully saturated rings. The minimum atomic E-state index is -0.720. The SMILES string of the molecule is C=NCc1cc(OCc2cn[nH]c2)ccc1CC[C@H](O)CNC(=O)c1ccc(C(=O)N2CCOCC2)cc1. The number of morpholine rings is 1. The summed E-state index contributed by atoms with van der Waals surface area (Å²) in [6.45, 7) is 6.76. The molecular formula is C28H33N5O5. The molecule has 2 heterocycles. The first-order valence-electron chi connectivity index (χ1n) is 12.6. The fourth-order valence-corrected chi connectivity index (χ4v) is 4.18. The lowest BCUT2D eigenvalue weighted by atomic mass is 10.0. The highest BCUT2D eigenvalue weighted by Crippen LogP contribution is 2.22. The van der Waals surface area contributed by atoms with Crippen molar-refractivity contribution in [3.8, 4) is 5.75 Å². The Morgan fingerprint density at radius 1 is 1.16 bits per heavy atom. The van der Waals surface area contributed by atoms with E-state index >= 15 is 0 Å². The maximum Gasteiger partial charge on any atom is 0.254 e. The minimum Gasteiger partial charge on any atom is -0.489 e. The number of aromatic nitrogens is 2. The number of benzene rings is 2. The van der Waals surface area contributed by atoms with Crippen LogP contribution in [0.1, 0.15) is 43.8 Å². The third kappa shape index (κ3) is 7.50. The van der Waals surface area contributed by atoms with Gasteiger partial charge in [-0.25, -0.2) is 0 Å². The zero-order valence-electron chi connectivity index (χ0n) is 21.3. The quantitative estimate of drug-likeness (QED) is 0.315. The molecule has 0 unspecified atom stereocenters. The van der Waals surface area contributed by atoms with Crippen LogP contribution in [0.2, 0.25) is 0 Å². The minimum absolute atomic E-state index is 0.0701. The number of aromatic amines is 1. The van der Waals surface area contributed by atoms with Gasteiger partial charge in [0, 0.05) is 42.5 Å². The molecule has 2 aromatic carbocycles. The molecule has 4 rings (SSSR count). The van der Waals surface area contributed by atoms with Crippen LogP contribution in [0.3, 0.4) is 0 Å². The largest absolute Gasteiger partial charge is 0.489 e. The smallest absolute Gasteiger partial charge is 0.254 e. The molecule has 0 bridgehead atoms. The third-order valence-electron chi connectivity index (χ3n) is 6.36. The number of aliphatic hydroxyl groups is 1. The van der Waals surface area contributed by atoms with Crippen LogP contribution in [0.5, 0.6) is 5.75 Å². The number of amides is 2. The summed E-state index contributed by atoms with van der Waals surface area (Å²) in [5, 5.41) is 19.9. The van der Waals surface area contributed by atoms with Crippen LogP contribution in [-0.2, 0) is 24.3 Å². The molecule has 0 saturated carbocycles. The van der Waals surface area contributed by atoms with Gasteiger partial charge in [-0.3, -0.25) is 19.7 Å². The van der Waals surface area contributed by atoms with Crippen LogP contribution in [0.25, 0.3) is 0 Å². The van der Waals surface area contributed by atoms with Crippen molar-refractivity contribution in [3.05, 3.63) is 82.7 Å². The Morgan fingerprint density at radius 3 is 2.63 bits per heavy atom. The average Bonchev–Trinajstić information content (AvgIpc) is 3.48. The van der Waals surface area contributed by atoms with E-state index in [1.807, 2.05) is 18.2 Å². The number of hydrogen-bond acceptors (Lipinski definition) is 7. The number of aliphatic hydroxyl groups excluding tert-OH is 1. The lowest BCUT2D eigenvalue weighted by Crippen LogP contribution is -2.40. The van der Waals surface area contributed by atoms with E-state index in [0.29, 0.717) is 63.4 Å². The highest BCUT2D eigenvalue weighted by molar-refractivity contribution is 5.97. The van der Waals surface area contributed by atoms with Crippen molar-refractivity contribution >= 4 is 18.5 Å². The number of ether oxygens (including phenoxy) is 2. The van der Waals surface area contributed by atoms with Crippen LogP contribution in [-0.4, -0.2) is 77.7 Å². The van der Waals surface area contributed by atoms with Crippen molar-refractivity contribution < 1.29 is 24.2 Å². The van der Waals surface area contributed by atoms with E-state index in [-0.39, 0.29) is 18.4 Å². The van der Waals surface area contributed by atoms with Gasteiger partial charge in [-0.05, 0) is 67.1 Å². The number of carbonyl (C=O) groups excluding carboxylic acids is 2. The summed E-state index contributed by atoms with van der Waals surface area (Å²) < 4.78 is 11.1. The van der Waals surface area contributed by atoms with Gasteiger partial charge in [-0.15, -0.1) is 0 Å². The second kappa shape index (κ2) is 13.5. The Kier molecular flexibility index (Phi) is 9.60. The number of hydrogen-bond donors (Lipinski definition) is 3. The number of carbonyl (C=O) groups is 2. The summed E-state index contributed by atoms with van der Waals surface area (Å²) in [4.78, 5) is 30.9. The zero-order valence-corrected chi connectivity index (χ0v) is 21.3. The maximum atomic E-state index is 12.6. The van der Waals surface area contributed by atoms with Crippen molar-refractivity contribution in [2.24, 2.45) is 4.99 Å². The lowest BCUT2D eigenvalue weighted by Gasteiger charge is -2.26. The van der Waals surface area contributed by atoms with Gasteiger partial charge in [0.1, 0.15) is 12.4 Å². The summed E-state index contributed by atoms with van der Waals surface area (Å²) in [5.41, 5.74) is 3.93. The molecule has 200 valence electrons. The number of nitrogens with one attached hydrogen (secondary N) is 2. The number of aliphatic imine (C=N–C) groups is 1. The zero-order chi connectivity index (χ0) is 26.7. The summed E-state index contributed by atoms with van der Waals surface area (Å²) in [7, 11) is 0.